The first-order valence-corrected chi connectivity index (χ1v) is 8.43. The van der Waals surface area contributed by atoms with E-state index in [9.17, 15) is 9.59 Å². The van der Waals surface area contributed by atoms with Crippen molar-refractivity contribution in [3.05, 3.63) is 56.2 Å². The molecule has 0 spiro atoms. The number of ether oxygens (including phenoxy) is 1. The normalized spacial score (nSPS) is 11.6. The minimum Gasteiger partial charge on any atom is -0.443 e. The maximum Gasteiger partial charge on any atom is 0.332 e. The molecule has 2 aromatic rings. The summed E-state index contributed by atoms with van der Waals surface area (Å²) in [5.74, 6) is 1.38. The molecule has 6 heteroatoms. The highest BCUT2D eigenvalue weighted by Gasteiger charge is 2.12. The molecule has 134 valence electrons. The van der Waals surface area contributed by atoms with E-state index < -0.39 is 5.69 Å². The van der Waals surface area contributed by atoms with E-state index in [1.54, 1.807) is 20.9 Å². The summed E-state index contributed by atoms with van der Waals surface area (Å²) in [5.41, 5.74) is 0.855. The average Bonchev–Trinajstić information content (AvgIpc) is 2.60. The SMILES string of the molecule is CCCCc1cccc(O/C(C)=N/c2c(C)c(=O)n(C)c(=O)n2C)c1. The van der Waals surface area contributed by atoms with E-state index >= 15 is 0 Å². The summed E-state index contributed by atoms with van der Waals surface area (Å²) in [6.07, 6.45) is 3.28. The smallest absolute Gasteiger partial charge is 0.332 e. The number of hydrogen-bond acceptors (Lipinski definition) is 4. The third-order valence-corrected chi connectivity index (χ3v) is 4.10. The van der Waals surface area contributed by atoms with Crippen molar-refractivity contribution in [1.29, 1.82) is 0 Å². The number of benzene rings is 1. The Hall–Kier alpha value is -2.63. The third-order valence-electron chi connectivity index (χ3n) is 4.10. The first-order chi connectivity index (χ1) is 11.8. The Balaban J connectivity index is 2.32. The monoisotopic (exact) mass is 343 g/mol. The van der Waals surface area contributed by atoms with Gasteiger partial charge in [0.25, 0.3) is 5.56 Å². The summed E-state index contributed by atoms with van der Waals surface area (Å²) in [5, 5.41) is 0. The molecule has 0 saturated carbocycles. The predicted octanol–water partition coefficient (Wildman–Crippen LogP) is 2.86. The van der Waals surface area contributed by atoms with Gasteiger partial charge in [0.1, 0.15) is 11.6 Å². The molecule has 2 rings (SSSR count). The highest BCUT2D eigenvalue weighted by molar-refractivity contribution is 5.78. The lowest BCUT2D eigenvalue weighted by Crippen LogP contribution is -2.38. The van der Waals surface area contributed by atoms with Crippen molar-refractivity contribution >= 4 is 11.7 Å². The predicted molar refractivity (Wildman–Crippen MR) is 100 cm³/mol. The molecule has 1 aromatic heterocycles. The lowest BCUT2D eigenvalue weighted by molar-refractivity contribution is 0.544. The van der Waals surface area contributed by atoms with E-state index in [0.717, 1.165) is 23.8 Å². The molecular formula is C19H25N3O3. The zero-order valence-corrected chi connectivity index (χ0v) is 15.5. The number of aryl methyl sites for hydroxylation is 1. The standard InChI is InChI=1S/C19H25N3O3/c1-6-7-9-15-10-8-11-16(12-15)25-14(3)20-17-13(2)18(23)22(5)19(24)21(17)4/h8,10-12H,6-7,9H2,1-5H3/b20-14+. The highest BCUT2D eigenvalue weighted by atomic mass is 16.5. The molecule has 0 aliphatic rings. The summed E-state index contributed by atoms with van der Waals surface area (Å²) in [7, 11) is 3.04. The first-order valence-electron chi connectivity index (χ1n) is 8.43. The number of rotatable bonds is 5. The van der Waals surface area contributed by atoms with Crippen molar-refractivity contribution in [1.82, 2.24) is 9.13 Å². The van der Waals surface area contributed by atoms with Gasteiger partial charge in [-0.1, -0.05) is 25.5 Å². The number of aromatic nitrogens is 2. The molecule has 1 aromatic carbocycles. The fraction of sp³-hybridized carbons (Fsp3) is 0.421. The number of unbranched alkanes of at least 4 members (excludes halogenated alkanes) is 1. The summed E-state index contributed by atoms with van der Waals surface area (Å²) >= 11 is 0. The first kappa shape index (κ1) is 18.7. The Kier molecular flexibility index (Phi) is 5.96. The van der Waals surface area contributed by atoms with Gasteiger partial charge in [-0.05, 0) is 37.5 Å². The molecule has 0 N–H and O–H groups in total. The van der Waals surface area contributed by atoms with Crippen molar-refractivity contribution in [3.8, 4) is 5.75 Å². The zero-order valence-electron chi connectivity index (χ0n) is 15.5. The molecule has 1 heterocycles. The van der Waals surface area contributed by atoms with Gasteiger partial charge in [-0.25, -0.2) is 4.79 Å². The number of aliphatic imine (C=N–C) groups is 1. The molecule has 0 radical (unpaired) electrons. The van der Waals surface area contributed by atoms with Crippen LogP contribution in [0.5, 0.6) is 5.75 Å². The van der Waals surface area contributed by atoms with Gasteiger partial charge in [-0.15, -0.1) is 0 Å². The molecule has 0 atom stereocenters. The quantitative estimate of drug-likeness (QED) is 0.619. The lowest BCUT2D eigenvalue weighted by Gasteiger charge is -2.11. The topological polar surface area (TPSA) is 65.6 Å². The van der Waals surface area contributed by atoms with Crippen molar-refractivity contribution in [3.63, 3.8) is 0 Å². The van der Waals surface area contributed by atoms with Crippen LogP contribution in [0.25, 0.3) is 0 Å². The molecular weight excluding hydrogens is 318 g/mol. The van der Waals surface area contributed by atoms with E-state index in [4.69, 9.17) is 4.74 Å². The van der Waals surface area contributed by atoms with Crippen LogP contribution in [0.15, 0.2) is 38.8 Å². The Morgan fingerprint density at radius 3 is 2.60 bits per heavy atom. The van der Waals surface area contributed by atoms with E-state index in [1.165, 1.54) is 17.2 Å². The van der Waals surface area contributed by atoms with Gasteiger partial charge in [0.2, 0.25) is 0 Å². The minimum absolute atomic E-state index is 0.313. The average molecular weight is 343 g/mol. The highest BCUT2D eigenvalue weighted by Crippen LogP contribution is 2.17. The molecule has 0 unspecified atom stereocenters. The number of nitrogens with zero attached hydrogens (tertiary/aromatic N) is 3. The van der Waals surface area contributed by atoms with Crippen LogP contribution in [0.1, 0.15) is 37.8 Å². The maximum absolute atomic E-state index is 12.1. The summed E-state index contributed by atoms with van der Waals surface area (Å²) < 4.78 is 8.20. The molecule has 0 amide bonds. The Morgan fingerprint density at radius 2 is 1.92 bits per heavy atom. The lowest BCUT2D eigenvalue weighted by atomic mass is 10.1. The minimum atomic E-state index is -0.413. The van der Waals surface area contributed by atoms with E-state index in [0.29, 0.717) is 23.0 Å². The molecule has 0 saturated heterocycles. The van der Waals surface area contributed by atoms with Crippen LogP contribution in [-0.4, -0.2) is 15.0 Å². The fourth-order valence-corrected chi connectivity index (χ4v) is 2.65. The van der Waals surface area contributed by atoms with Crippen LogP contribution in [-0.2, 0) is 20.5 Å². The second-order valence-electron chi connectivity index (χ2n) is 6.14. The van der Waals surface area contributed by atoms with Crippen LogP contribution < -0.4 is 16.0 Å². The molecule has 0 aliphatic heterocycles. The van der Waals surface area contributed by atoms with Gasteiger partial charge in [-0.2, -0.15) is 4.99 Å². The van der Waals surface area contributed by atoms with E-state index in [-0.39, 0.29) is 5.56 Å². The van der Waals surface area contributed by atoms with Crippen molar-refractivity contribution in [2.24, 2.45) is 19.1 Å². The van der Waals surface area contributed by atoms with Crippen molar-refractivity contribution < 1.29 is 4.74 Å². The van der Waals surface area contributed by atoms with Crippen LogP contribution in [0, 0.1) is 6.92 Å². The Morgan fingerprint density at radius 1 is 1.20 bits per heavy atom. The van der Waals surface area contributed by atoms with Crippen molar-refractivity contribution in [2.45, 2.75) is 40.0 Å². The number of hydrogen-bond donors (Lipinski definition) is 0. The van der Waals surface area contributed by atoms with Crippen LogP contribution in [0.2, 0.25) is 0 Å². The van der Waals surface area contributed by atoms with Crippen LogP contribution in [0.4, 0.5) is 5.82 Å². The van der Waals surface area contributed by atoms with Gasteiger partial charge >= 0.3 is 5.69 Å². The van der Waals surface area contributed by atoms with Crippen molar-refractivity contribution in [2.75, 3.05) is 0 Å². The Labute approximate surface area is 147 Å². The second-order valence-corrected chi connectivity index (χ2v) is 6.14. The Bertz CT molecular complexity index is 870. The third kappa shape index (κ3) is 4.26. The largest absolute Gasteiger partial charge is 0.443 e. The summed E-state index contributed by atoms with van der Waals surface area (Å²) in [6, 6.07) is 7.88. The van der Waals surface area contributed by atoms with Gasteiger partial charge < -0.3 is 4.74 Å². The van der Waals surface area contributed by atoms with Gasteiger partial charge in [-0.3, -0.25) is 13.9 Å². The van der Waals surface area contributed by atoms with E-state index in [1.807, 2.05) is 18.2 Å². The maximum atomic E-state index is 12.1. The molecule has 25 heavy (non-hydrogen) atoms. The van der Waals surface area contributed by atoms with Gasteiger partial charge in [0, 0.05) is 21.0 Å². The summed E-state index contributed by atoms with van der Waals surface area (Å²) in [4.78, 5) is 28.5. The van der Waals surface area contributed by atoms with Crippen LogP contribution >= 0.6 is 0 Å². The molecule has 6 nitrogen and oxygen atoms in total. The zero-order chi connectivity index (χ0) is 18.6. The van der Waals surface area contributed by atoms with Crippen LogP contribution in [0.3, 0.4) is 0 Å². The van der Waals surface area contributed by atoms with E-state index in [2.05, 4.69) is 18.0 Å². The second kappa shape index (κ2) is 7.96. The fourth-order valence-electron chi connectivity index (χ4n) is 2.65. The molecule has 0 bridgehead atoms. The van der Waals surface area contributed by atoms with Gasteiger partial charge in [0.05, 0.1) is 5.56 Å². The molecule has 0 fully saturated rings. The molecule has 0 aliphatic carbocycles. The van der Waals surface area contributed by atoms with Gasteiger partial charge in [0.15, 0.2) is 5.90 Å². The summed E-state index contributed by atoms with van der Waals surface area (Å²) in [6.45, 7) is 5.52.